The summed E-state index contributed by atoms with van der Waals surface area (Å²) in [5.41, 5.74) is 0. The van der Waals surface area contributed by atoms with Gasteiger partial charge in [0.25, 0.3) is 0 Å². The fourth-order valence-electron chi connectivity index (χ4n) is 2.97. The van der Waals surface area contributed by atoms with E-state index in [-0.39, 0.29) is 29.8 Å². The topological polar surface area (TPSA) is 70.7 Å². The van der Waals surface area contributed by atoms with Crippen LogP contribution < -0.4 is 10.6 Å². The smallest absolute Gasteiger partial charge is 0.227 e. The number of ether oxygens (including phenoxy) is 1. The quantitative estimate of drug-likeness (QED) is 0.701. The number of carbonyl (C=O) groups is 2. The second-order valence-corrected chi connectivity index (χ2v) is 6.06. The third-order valence-corrected chi connectivity index (χ3v) is 4.13. The summed E-state index contributed by atoms with van der Waals surface area (Å²) >= 11 is 0. The maximum atomic E-state index is 12.4. The molecule has 21 heavy (non-hydrogen) atoms. The lowest BCUT2D eigenvalue weighted by molar-refractivity contribution is -0.130. The van der Waals surface area contributed by atoms with Crippen LogP contribution in [0, 0.1) is 5.92 Å². The molecule has 0 saturated carbocycles. The zero-order chi connectivity index (χ0) is 15.2. The molecule has 0 bridgehead atoms. The van der Waals surface area contributed by atoms with E-state index < -0.39 is 0 Å². The Bertz CT molecular complexity index is 375. The maximum absolute atomic E-state index is 12.4. The molecule has 2 rings (SSSR count). The molecular formula is C15H27N3O3. The van der Waals surface area contributed by atoms with Crippen molar-refractivity contribution in [2.75, 3.05) is 32.8 Å². The average Bonchev–Trinajstić information content (AvgIpc) is 3.06. The molecular weight excluding hydrogens is 270 g/mol. The highest BCUT2D eigenvalue weighted by Gasteiger charge is 2.34. The number of nitrogens with zero attached hydrogens (tertiary/aromatic N) is 1. The number of hydrogen-bond donors (Lipinski definition) is 2. The summed E-state index contributed by atoms with van der Waals surface area (Å²) in [5, 5.41) is 6.39. The molecule has 2 fully saturated rings. The van der Waals surface area contributed by atoms with Crippen LogP contribution in [-0.2, 0) is 14.3 Å². The van der Waals surface area contributed by atoms with Crippen LogP contribution in [0.4, 0.5) is 0 Å². The van der Waals surface area contributed by atoms with E-state index in [0.29, 0.717) is 26.2 Å². The van der Waals surface area contributed by atoms with Crippen molar-refractivity contribution >= 4 is 11.8 Å². The Morgan fingerprint density at radius 1 is 1.48 bits per heavy atom. The van der Waals surface area contributed by atoms with E-state index in [1.807, 2.05) is 11.8 Å². The summed E-state index contributed by atoms with van der Waals surface area (Å²) in [4.78, 5) is 25.8. The van der Waals surface area contributed by atoms with E-state index in [0.717, 1.165) is 25.9 Å². The Morgan fingerprint density at radius 2 is 2.29 bits per heavy atom. The van der Waals surface area contributed by atoms with Crippen LogP contribution in [0.2, 0.25) is 0 Å². The molecule has 2 aliphatic rings. The van der Waals surface area contributed by atoms with Crippen molar-refractivity contribution in [3.63, 3.8) is 0 Å². The minimum Gasteiger partial charge on any atom is -0.379 e. The van der Waals surface area contributed by atoms with Gasteiger partial charge in [-0.15, -0.1) is 0 Å². The molecule has 0 aromatic carbocycles. The van der Waals surface area contributed by atoms with Gasteiger partial charge in [-0.1, -0.05) is 6.92 Å². The van der Waals surface area contributed by atoms with Crippen LogP contribution in [0.5, 0.6) is 0 Å². The third-order valence-electron chi connectivity index (χ3n) is 4.13. The molecule has 0 aromatic heterocycles. The molecule has 6 heteroatoms. The first kappa shape index (κ1) is 16.2. The van der Waals surface area contributed by atoms with Crippen molar-refractivity contribution in [2.24, 2.45) is 5.92 Å². The lowest BCUT2D eigenvalue weighted by Gasteiger charge is -2.24. The molecule has 2 saturated heterocycles. The van der Waals surface area contributed by atoms with Crippen molar-refractivity contribution in [3.8, 4) is 0 Å². The van der Waals surface area contributed by atoms with Gasteiger partial charge in [0.05, 0.1) is 19.1 Å². The van der Waals surface area contributed by atoms with E-state index >= 15 is 0 Å². The summed E-state index contributed by atoms with van der Waals surface area (Å²) in [5.74, 6) is 0.0938. The van der Waals surface area contributed by atoms with Crippen LogP contribution in [0.15, 0.2) is 0 Å². The molecule has 2 N–H and O–H groups in total. The van der Waals surface area contributed by atoms with Gasteiger partial charge in [-0.25, -0.2) is 0 Å². The monoisotopic (exact) mass is 297 g/mol. The largest absolute Gasteiger partial charge is 0.379 e. The summed E-state index contributed by atoms with van der Waals surface area (Å²) < 4.78 is 5.43. The first-order valence-corrected chi connectivity index (χ1v) is 8.01. The van der Waals surface area contributed by atoms with Crippen LogP contribution in [-0.4, -0.2) is 61.6 Å². The first-order chi connectivity index (χ1) is 10.1. The number of rotatable bonds is 7. The van der Waals surface area contributed by atoms with Crippen molar-refractivity contribution in [3.05, 3.63) is 0 Å². The molecule has 6 nitrogen and oxygen atoms in total. The first-order valence-electron chi connectivity index (χ1n) is 8.01. The zero-order valence-corrected chi connectivity index (χ0v) is 13.1. The number of hydrogen-bond acceptors (Lipinski definition) is 4. The summed E-state index contributed by atoms with van der Waals surface area (Å²) in [6.07, 6.45) is 2.61. The van der Waals surface area contributed by atoms with Gasteiger partial charge in [-0.05, 0) is 26.3 Å². The Kier molecular flexibility index (Phi) is 5.99. The third kappa shape index (κ3) is 4.41. The Morgan fingerprint density at radius 3 is 2.95 bits per heavy atom. The predicted molar refractivity (Wildman–Crippen MR) is 79.8 cm³/mol. The van der Waals surface area contributed by atoms with Gasteiger partial charge in [0.1, 0.15) is 0 Å². The number of carbonyl (C=O) groups excluding carboxylic acids is 2. The van der Waals surface area contributed by atoms with Crippen LogP contribution >= 0.6 is 0 Å². The van der Waals surface area contributed by atoms with Gasteiger partial charge < -0.3 is 20.3 Å². The van der Waals surface area contributed by atoms with Crippen LogP contribution in [0.3, 0.4) is 0 Å². The Hall–Kier alpha value is -1.14. The molecule has 3 unspecified atom stereocenters. The van der Waals surface area contributed by atoms with Crippen molar-refractivity contribution in [1.82, 2.24) is 15.5 Å². The molecule has 3 atom stereocenters. The maximum Gasteiger partial charge on any atom is 0.227 e. The second kappa shape index (κ2) is 7.75. The molecule has 2 aliphatic heterocycles. The van der Waals surface area contributed by atoms with E-state index in [1.54, 1.807) is 0 Å². The molecule has 0 aromatic rings. The highest BCUT2D eigenvalue weighted by atomic mass is 16.5. The van der Waals surface area contributed by atoms with Gasteiger partial charge >= 0.3 is 0 Å². The number of likely N-dealkylation sites (tertiary alicyclic amines) is 1. The minimum absolute atomic E-state index is 0.0213. The van der Waals surface area contributed by atoms with Crippen molar-refractivity contribution in [1.29, 1.82) is 0 Å². The highest BCUT2D eigenvalue weighted by Crippen LogP contribution is 2.15. The average molecular weight is 297 g/mol. The predicted octanol–water partition coefficient (Wildman–Crippen LogP) is 0.128. The fraction of sp³-hybridized carbons (Fsp3) is 0.867. The van der Waals surface area contributed by atoms with E-state index in [2.05, 4.69) is 17.6 Å². The van der Waals surface area contributed by atoms with E-state index in [1.165, 1.54) is 0 Å². The van der Waals surface area contributed by atoms with Crippen molar-refractivity contribution < 1.29 is 14.3 Å². The number of nitrogens with one attached hydrogen (secondary N) is 2. The van der Waals surface area contributed by atoms with Crippen LogP contribution in [0.25, 0.3) is 0 Å². The van der Waals surface area contributed by atoms with Gasteiger partial charge in [0.2, 0.25) is 11.8 Å². The summed E-state index contributed by atoms with van der Waals surface area (Å²) in [6.45, 7) is 7.44. The lowest BCUT2D eigenvalue weighted by atomic mass is 10.0. The highest BCUT2D eigenvalue weighted by molar-refractivity contribution is 5.80. The zero-order valence-electron chi connectivity index (χ0n) is 13.1. The van der Waals surface area contributed by atoms with Gasteiger partial charge in [0, 0.05) is 31.6 Å². The van der Waals surface area contributed by atoms with E-state index in [9.17, 15) is 9.59 Å². The van der Waals surface area contributed by atoms with Crippen molar-refractivity contribution in [2.45, 2.75) is 45.2 Å². The number of amides is 2. The van der Waals surface area contributed by atoms with Gasteiger partial charge in [-0.3, -0.25) is 9.59 Å². The van der Waals surface area contributed by atoms with Gasteiger partial charge in [-0.2, -0.15) is 0 Å². The Balaban J connectivity index is 1.78. The summed E-state index contributed by atoms with van der Waals surface area (Å²) in [7, 11) is 0. The Labute approximate surface area is 126 Å². The molecule has 0 aliphatic carbocycles. The molecule has 0 radical (unpaired) electrons. The minimum atomic E-state index is -0.131. The molecule has 0 spiro atoms. The van der Waals surface area contributed by atoms with Crippen LogP contribution in [0.1, 0.15) is 33.1 Å². The molecule has 2 heterocycles. The normalized spacial score (nSPS) is 27.1. The molecule has 120 valence electrons. The van der Waals surface area contributed by atoms with Gasteiger partial charge in [0.15, 0.2) is 0 Å². The standard InChI is InChI=1S/C15H27N3O3/c1-3-6-16-13-10-21-9-12(13)15(20)17-11(2)8-18-7-4-5-14(18)19/h11-13,16H,3-10H2,1-2H3,(H,17,20). The SMILES string of the molecule is CCCNC1COCC1C(=O)NC(C)CN1CCCC1=O. The summed E-state index contributed by atoms with van der Waals surface area (Å²) in [6, 6.07) is 0.0811. The second-order valence-electron chi connectivity index (χ2n) is 6.06. The lowest BCUT2D eigenvalue weighted by Crippen LogP contribution is -2.49. The molecule has 2 amide bonds. The van der Waals surface area contributed by atoms with E-state index in [4.69, 9.17) is 4.74 Å². The fourth-order valence-corrected chi connectivity index (χ4v) is 2.97.